The summed E-state index contributed by atoms with van der Waals surface area (Å²) in [4.78, 5) is 12.0. The second-order valence-corrected chi connectivity index (χ2v) is 6.03. The molecule has 0 aliphatic rings. The molecule has 2 aromatic carbocycles. The van der Waals surface area contributed by atoms with Gasteiger partial charge in [0, 0.05) is 11.6 Å². The number of hydrogen-bond acceptors (Lipinski definition) is 2. The summed E-state index contributed by atoms with van der Waals surface area (Å²) in [6.45, 7) is 4.38. The summed E-state index contributed by atoms with van der Waals surface area (Å²) in [5.41, 5.74) is 2.32. The molecule has 2 rings (SSSR count). The van der Waals surface area contributed by atoms with E-state index >= 15 is 0 Å². The summed E-state index contributed by atoms with van der Waals surface area (Å²) in [6, 6.07) is 15.5. The summed E-state index contributed by atoms with van der Waals surface area (Å²) in [5.74, 6) is 0.622. The maximum atomic E-state index is 12.0. The van der Waals surface area contributed by atoms with Gasteiger partial charge in [0.1, 0.15) is 5.75 Å². The molecular formula is C19H22ClNO2. The normalized spacial score (nSPS) is 11.8. The van der Waals surface area contributed by atoms with Crippen LogP contribution < -0.4 is 10.1 Å². The SMILES string of the molecule is Cc1cccc(OC(C)C(=O)NCCCc2ccc(Cl)cc2)c1. The Morgan fingerprint density at radius 3 is 2.65 bits per heavy atom. The lowest BCUT2D eigenvalue weighted by Gasteiger charge is -2.15. The molecule has 4 heteroatoms. The topological polar surface area (TPSA) is 38.3 Å². The van der Waals surface area contributed by atoms with Crippen molar-refractivity contribution in [1.29, 1.82) is 0 Å². The quantitative estimate of drug-likeness (QED) is 0.773. The first-order chi connectivity index (χ1) is 11.0. The third kappa shape index (κ3) is 5.95. The van der Waals surface area contributed by atoms with Gasteiger partial charge in [-0.25, -0.2) is 0 Å². The Morgan fingerprint density at radius 2 is 1.96 bits per heavy atom. The lowest BCUT2D eigenvalue weighted by Crippen LogP contribution is -2.36. The molecule has 0 aliphatic heterocycles. The van der Waals surface area contributed by atoms with E-state index in [2.05, 4.69) is 5.32 Å². The fourth-order valence-corrected chi connectivity index (χ4v) is 2.37. The monoisotopic (exact) mass is 331 g/mol. The number of carbonyl (C=O) groups is 1. The molecule has 0 bridgehead atoms. The molecule has 0 saturated heterocycles. The Hall–Kier alpha value is -2.00. The minimum Gasteiger partial charge on any atom is -0.481 e. The first-order valence-corrected chi connectivity index (χ1v) is 8.18. The molecule has 1 atom stereocenters. The molecule has 1 unspecified atom stereocenters. The molecule has 3 nitrogen and oxygen atoms in total. The molecule has 0 fully saturated rings. The summed E-state index contributed by atoms with van der Waals surface area (Å²) in [7, 11) is 0. The first kappa shape index (κ1) is 17.4. The zero-order valence-corrected chi connectivity index (χ0v) is 14.3. The maximum absolute atomic E-state index is 12.0. The van der Waals surface area contributed by atoms with Crippen LogP contribution in [0.2, 0.25) is 5.02 Å². The molecule has 0 aromatic heterocycles. The predicted octanol–water partition coefficient (Wildman–Crippen LogP) is 4.16. The Morgan fingerprint density at radius 1 is 1.22 bits per heavy atom. The summed E-state index contributed by atoms with van der Waals surface area (Å²) < 4.78 is 5.66. The van der Waals surface area contributed by atoms with Crippen molar-refractivity contribution in [3.05, 3.63) is 64.7 Å². The highest BCUT2D eigenvalue weighted by molar-refractivity contribution is 6.30. The summed E-state index contributed by atoms with van der Waals surface area (Å²) in [6.07, 6.45) is 1.28. The fraction of sp³-hybridized carbons (Fsp3) is 0.316. The van der Waals surface area contributed by atoms with E-state index in [-0.39, 0.29) is 5.91 Å². The number of ether oxygens (including phenoxy) is 1. The second kappa shape index (κ2) is 8.59. The number of carbonyl (C=O) groups excluding carboxylic acids is 1. The molecule has 0 heterocycles. The molecule has 122 valence electrons. The average molecular weight is 332 g/mol. The number of amides is 1. The molecule has 0 radical (unpaired) electrons. The van der Waals surface area contributed by atoms with Gasteiger partial charge in [-0.05, 0) is 62.1 Å². The van der Waals surface area contributed by atoms with Crippen molar-refractivity contribution in [3.63, 3.8) is 0 Å². The molecular weight excluding hydrogens is 310 g/mol. The van der Waals surface area contributed by atoms with Crippen LogP contribution in [0.5, 0.6) is 5.75 Å². The standard InChI is InChI=1S/C19H22ClNO2/c1-14-5-3-7-18(13-14)23-15(2)19(22)21-12-4-6-16-8-10-17(20)11-9-16/h3,5,7-11,13,15H,4,6,12H2,1-2H3,(H,21,22). The third-order valence-electron chi connectivity index (χ3n) is 3.53. The third-order valence-corrected chi connectivity index (χ3v) is 3.78. The van der Waals surface area contributed by atoms with Crippen LogP contribution in [0.15, 0.2) is 48.5 Å². The zero-order valence-electron chi connectivity index (χ0n) is 13.5. The van der Waals surface area contributed by atoms with Crippen LogP contribution in [0.25, 0.3) is 0 Å². The molecule has 23 heavy (non-hydrogen) atoms. The van der Waals surface area contributed by atoms with E-state index in [0.717, 1.165) is 23.4 Å². The van der Waals surface area contributed by atoms with Crippen molar-refractivity contribution in [2.24, 2.45) is 0 Å². The van der Waals surface area contributed by atoms with Crippen LogP contribution in [-0.4, -0.2) is 18.6 Å². The van der Waals surface area contributed by atoms with E-state index in [1.807, 2.05) is 55.5 Å². The van der Waals surface area contributed by atoms with Gasteiger partial charge in [0.2, 0.25) is 0 Å². The van der Waals surface area contributed by atoms with Crippen molar-refractivity contribution in [2.45, 2.75) is 32.8 Å². The molecule has 0 saturated carbocycles. The Bertz CT molecular complexity index is 640. The van der Waals surface area contributed by atoms with Gasteiger partial charge in [0.25, 0.3) is 5.91 Å². The van der Waals surface area contributed by atoms with E-state index in [0.29, 0.717) is 12.3 Å². The molecule has 0 aliphatic carbocycles. The Balaban J connectivity index is 1.70. The minimum atomic E-state index is -0.507. The zero-order chi connectivity index (χ0) is 16.7. The van der Waals surface area contributed by atoms with E-state index in [9.17, 15) is 4.79 Å². The van der Waals surface area contributed by atoms with E-state index in [4.69, 9.17) is 16.3 Å². The lowest BCUT2D eigenvalue weighted by atomic mass is 10.1. The number of halogens is 1. The number of rotatable bonds is 7. The van der Waals surface area contributed by atoms with Crippen LogP contribution in [0.1, 0.15) is 24.5 Å². The van der Waals surface area contributed by atoms with Crippen molar-refractivity contribution in [3.8, 4) is 5.75 Å². The van der Waals surface area contributed by atoms with Crippen LogP contribution in [-0.2, 0) is 11.2 Å². The first-order valence-electron chi connectivity index (χ1n) is 7.80. The van der Waals surface area contributed by atoms with Crippen LogP contribution in [0.4, 0.5) is 0 Å². The van der Waals surface area contributed by atoms with Crippen LogP contribution in [0.3, 0.4) is 0 Å². The molecule has 1 amide bonds. The smallest absolute Gasteiger partial charge is 0.260 e. The largest absolute Gasteiger partial charge is 0.481 e. The highest BCUT2D eigenvalue weighted by Crippen LogP contribution is 2.14. The van der Waals surface area contributed by atoms with Crippen molar-refractivity contribution in [1.82, 2.24) is 5.32 Å². The Labute approximate surface area is 142 Å². The number of nitrogens with one attached hydrogen (secondary N) is 1. The van der Waals surface area contributed by atoms with Gasteiger partial charge in [-0.3, -0.25) is 4.79 Å². The van der Waals surface area contributed by atoms with Gasteiger partial charge in [0.15, 0.2) is 6.10 Å². The lowest BCUT2D eigenvalue weighted by molar-refractivity contribution is -0.127. The van der Waals surface area contributed by atoms with Crippen LogP contribution >= 0.6 is 11.6 Å². The fourth-order valence-electron chi connectivity index (χ4n) is 2.25. The van der Waals surface area contributed by atoms with E-state index in [1.54, 1.807) is 6.92 Å². The molecule has 1 N–H and O–H groups in total. The Kier molecular flexibility index (Phi) is 6.48. The molecule has 0 spiro atoms. The summed E-state index contributed by atoms with van der Waals surface area (Å²) in [5, 5.41) is 3.65. The molecule has 2 aromatic rings. The van der Waals surface area contributed by atoms with Crippen molar-refractivity contribution < 1.29 is 9.53 Å². The van der Waals surface area contributed by atoms with Gasteiger partial charge in [0.05, 0.1) is 0 Å². The highest BCUT2D eigenvalue weighted by Gasteiger charge is 2.13. The van der Waals surface area contributed by atoms with Gasteiger partial charge in [-0.15, -0.1) is 0 Å². The minimum absolute atomic E-state index is 0.0948. The van der Waals surface area contributed by atoms with Gasteiger partial charge < -0.3 is 10.1 Å². The predicted molar refractivity (Wildman–Crippen MR) is 94.1 cm³/mol. The number of aryl methyl sites for hydroxylation is 2. The van der Waals surface area contributed by atoms with Gasteiger partial charge >= 0.3 is 0 Å². The second-order valence-electron chi connectivity index (χ2n) is 5.60. The van der Waals surface area contributed by atoms with Crippen molar-refractivity contribution in [2.75, 3.05) is 6.54 Å². The average Bonchev–Trinajstić information content (AvgIpc) is 2.53. The van der Waals surface area contributed by atoms with E-state index < -0.39 is 6.10 Å². The van der Waals surface area contributed by atoms with Gasteiger partial charge in [-0.2, -0.15) is 0 Å². The number of hydrogen-bond donors (Lipinski definition) is 1. The van der Waals surface area contributed by atoms with Crippen molar-refractivity contribution >= 4 is 17.5 Å². The highest BCUT2D eigenvalue weighted by atomic mass is 35.5. The summed E-state index contributed by atoms with van der Waals surface area (Å²) >= 11 is 5.85. The van der Waals surface area contributed by atoms with Crippen LogP contribution in [0, 0.1) is 6.92 Å². The maximum Gasteiger partial charge on any atom is 0.260 e. The van der Waals surface area contributed by atoms with Gasteiger partial charge in [-0.1, -0.05) is 35.9 Å². The van der Waals surface area contributed by atoms with E-state index in [1.165, 1.54) is 5.56 Å². The number of benzene rings is 2.